The molecule has 0 spiro atoms. The Bertz CT molecular complexity index is 460. The molecule has 4 heteroatoms. The highest BCUT2D eigenvalue weighted by Gasteiger charge is 2.00. The number of carbonyl (C=O) groups excluding carboxylic acids is 1. The number of hydrogen-bond donors (Lipinski definition) is 1. The van der Waals surface area contributed by atoms with Crippen molar-refractivity contribution in [3.8, 4) is 0 Å². The maximum atomic E-state index is 13.3. The summed E-state index contributed by atoms with van der Waals surface area (Å²) in [5.41, 5.74) is 2.81. The van der Waals surface area contributed by atoms with Crippen molar-refractivity contribution in [1.82, 2.24) is 5.43 Å². The van der Waals surface area contributed by atoms with Gasteiger partial charge in [0.05, 0.1) is 6.21 Å². The van der Waals surface area contributed by atoms with Crippen LogP contribution in [-0.4, -0.2) is 12.1 Å². The van der Waals surface area contributed by atoms with Crippen molar-refractivity contribution in [2.24, 2.45) is 5.10 Å². The first-order chi connectivity index (χ1) is 10.7. The number of unbranched alkanes of at least 4 members (excludes halogenated alkanes) is 7. The maximum absolute atomic E-state index is 13.3. The number of amides is 1. The zero-order valence-electron chi connectivity index (χ0n) is 13.5. The van der Waals surface area contributed by atoms with Crippen LogP contribution in [-0.2, 0) is 4.79 Å². The zero-order valence-corrected chi connectivity index (χ0v) is 13.5. The van der Waals surface area contributed by atoms with Crippen LogP contribution in [0, 0.1) is 5.82 Å². The molecule has 1 N–H and O–H groups in total. The quantitative estimate of drug-likeness (QED) is 0.356. The molecule has 0 saturated heterocycles. The van der Waals surface area contributed by atoms with Crippen LogP contribution in [0.4, 0.5) is 4.39 Å². The molecule has 0 aliphatic rings. The summed E-state index contributed by atoms with van der Waals surface area (Å²) in [6.07, 6.45) is 11.4. The van der Waals surface area contributed by atoms with Crippen molar-refractivity contribution in [3.63, 3.8) is 0 Å². The third-order valence-corrected chi connectivity index (χ3v) is 3.56. The number of carbonyl (C=O) groups is 1. The minimum absolute atomic E-state index is 0.112. The summed E-state index contributed by atoms with van der Waals surface area (Å²) in [5, 5.41) is 3.79. The summed E-state index contributed by atoms with van der Waals surface area (Å²) in [6.45, 7) is 2.22. The summed E-state index contributed by atoms with van der Waals surface area (Å²) in [5.74, 6) is -0.456. The molecule has 0 aromatic heterocycles. The van der Waals surface area contributed by atoms with Gasteiger partial charge in [-0.15, -0.1) is 0 Å². The molecule has 3 nitrogen and oxygen atoms in total. The van der Waals surface area contributed by atoms with E-state index in [9.17, 15) is 9.18 Å². The first-order valence-electron chi connectivity index (χ1n) is 8.30. The second kappa shape index (κ2) is 11.9. The van der Waals surface area contributed by atoms with Crippen molar-refractivity contribution < 1.29 is 9.18 Å². The summed E-state index contributed by atoms with van der Waals surface area (Å²) in [7, 11) is 0. The molecule has 122 valence electrons. The molecule has 0 aliphatic carbocycles. The molecule has 22 heavy (non-hydrogen) atoms. The van der Waals surface area contributed by atoms with Gasteiger partial charge in [-0.25, -0.2) is 9.82 Å². The standard InChI is InChI=1S/C18H27FN2O/c1-2-3-4-5-6-7-8-9-14-18(22)21-20-15-16-12-10-11-13-17(16)19/h10-13,15H,2-9,14H2,1H3,(H,21,22)/b20-15+. The van der Waals surface area contributed by atoms with Crippen LogP contribution in [0.2, 0.25) is 0 Å². The number of benzene rings is 1. The minimum atomic E-state index is -0.344. The summed E-state index contributed by atoms with van der Waals surface area (Å²) < 4.78 is 13.3. The molecule has 0 bridgehead atoms. The highest BCUT2D eigenvalue weighted by molar-refractivity contribution is 5.82. The van der Waals surface area contributed by atoms with Gasteiger partial charge in [0.15, 0.2) is 0 Å². The van der Waals surface area contributed by atoms with Gasteiger partial charge in [-0.1, -0.05) is 70.1 Å². The highest BCUT2D eigenvalue weighted by atomic mass is 19.1. The van der Waals surface area contributed by atoms with Crippen molar-refractivity contribution >= 4 is 12.1 Å². The highest BCUT2D eigenvalue weighted by Crippen LogP contribution is 2.09. The molecule has 1 amide bonds. The number of hydrogen-bond acceptors (Lipinski definition) is 2. The van der Waals surface area contributed by atoms with E-state index in [0.29, 0.717) is 12.0 Å². The van der Waals surface area contributed by atoms with E-state index in [2.05, 4.69) is 17.5 Å². The van der Waals surface area contributed by atoms with Crippen LogP contribution >= 0.6 is 0 Å². The van der Waals surface area contributed by atoms with Crippen molar-refractivity contribution in [2.45, 2.75) is 64.7 Å². The van der Waals surface area contributed by atoms with E-state index in [1.165, 1.54) is 50.8 Å². The Kier molecular flexibility index (Phi) is 9.92. The van der Waals surface area contributed by atoms with Crippen LogP contribution in [0.5, 0.6) is 0 Å². The first kappa shape index (κ1) is 18.3. The molecular formula is C18H27FN2O. The van der Waals surface area contributed by atoms with E-state index >= 15 is 0 Å². The molecule has 0 saturated carbocycles. The van der Waals surface area contributed by atoms with Gasteiger partial charge >= 0.3 is 0 Å². The fourth-order valence-corrected chi connectivity index (χ4v) is 2.23. The number of hydrazone groups is 1. The van der Waals surface area contributed by atoms with Gasteiger partial charge in [0.1, 0.15) is 5.82 Å². The molecule has 0 atom stereocenters. The molecule has 1 rings (SSSR count). The number of nitrogens with zero attached hydrogens (tertiary/aromatic N) is 1. The Labute approximate surface area is 133 Å². The predicted octanol–water partition coefficient (Wildman–Crippen LogP) is 4.81. The second-order valence-electron chi connectivity index (χ2n) is 5.54. The lowest BCUT2D eigenvalue weighted by Gasteiger charge is -2.02. The maximum Gasteiger partial charge on any atom is 0.240 e. The molecule has 1 aromatic rings. The molecule has 0 aliphatic heterocycles. The van der Waals surface area contributed by atoms with Crippen LogP contribution in [0.1, 0.15) is 70.3 Å². The lowest BCUT2D eigenvalue weighted by atomic mass is 10.1. The van der Waals surface area contributed by atoms with E-state index in [0.717, 1.165) is 12.8 Å². The van der Waals surface area contributed by atoms with Gasteiger partial charge in [-0.05, 0) is 12.5 Å². The number of halogens is 1. The topological polar surface area (TPSA) is 41.5 Å². The lowest BCUT2D eigenvalue weighted by Crippen LogP contribution is -2.17. The van der Waals surface area contributed by atoms with Gasteiger partial charge in [0.2, 0.25) is 5.91 Å². The third kappa shape index (κ3) is 8.55. The second-order valence-corrected chi connectivity index (χ2v) is 5.54. The summed E-state index contributed by atoms with van der Waals surface area (Å²) >= 11 is 0. The Morgan fingerprint density at radius 3 is 2.41 bits per heavy atom. The smallest absolute Gasteiger partial charge is 0.240 e. The van der Waals surface area contributed by atoms with Gasteiger partial charge in [0.25, 0.3) is 0 Å². The first-order valence-corrected chi connectivity index (χ1v) is 8.30. The SMILES string of the molecule is CCCCCCCCCCC(=O)N/N=C/c1ccccc1F. The Morgan fingerprint density at radius 2 is 1.73 bits per heavy atom. The van der Waals surface area contributed by atoms with Gasteiger partial charge in [0, 0.05) is 12.0 Å². The van der Waals surface area contributed by atoms with Crippen molar-refractivity contribution in [3.05, 3.63) is 35.6 Å². The third-order valence-electron chi connectivity index (χ3n) is 3.56. The molecule has 0 fully saturated rings. The van der Waals surface area contributed by atoms with E-state index in [1.54, 1.807) is 18.2 Å². The van der Waals surface area contributed by atoms with Gasteiger partial charge in [-0.3, -0.25) is 4.79 Å². The Morgan fingerprint density at radius 1 is 1.09 bits per heavy atom. The van der Waals surface area contributed by atoms with Gasteiger partial charge < -0.3 is 0 Å². The summed E-state index contributed by atoms with van der Waals surface area (Å²) in [4.78, 5) is 11.6. The summed E-state index contributed by atoms with van der Waals surface area (Å²) in [6, 6.07) is 6.33. The fourth-order valence-electron chi connectivity index (χ4n) is 2.23. The van der Waals surface area contributed by atoms with Gasteiger partial charge in [-0.2, -0.15) is 5.10 Å². The van der Waals surface area contributed by atoms with E-state index in [1.807, 2.05) is 0 Å². The largest absolute Gasteiger partial charge is 0.273 e. The Hall–Kier alpha value is -1.71. The average molecular weight is 306 g/mol. The zero-order chi connectivity index (χ0) is 16.0. The fraction of sp³-hybridized carbons (Fsp3) is 0.556. The van der Waals surface area contributed by atoms with Crippen molar-refractivity contribution in [1.29, 1.82) is 0 Å². The lowest BCUT2D eigenvalue weighted by molar-refractivity contribution is -0.121. The van der Waals surface area contributed by atoms with Crippen LogP contribution < -0.4 is 5.43 Å². The van der Waals surface area contributed by atoms with Crippen LogP contribution in [0.25, 0.3) is 0 Å². The minimum Gasteiger partial charge on any atom is -0.273 e. The van der Waals surface area contributed by atoms with Crippen molar-refractivity contribution in [2.75, 3.05) is 0 Å². The molecular weight excluding hydrogens is 279 g/mol. The van der Waals surface area contributed by atoms with Crippen LogP contribution in [0.15, 0.2) is 29.4 Å². The Balaban J connectivity index is 2.05. The monoisotopic (exact) mass is 306 g/mol. The van der Waals surface area contributed by atoms with E-state index in [4.69, 9.17) is 0 Å². The molecule has 0 radical (unpaired) electrons. The predicted molar refractivity (Wildman–Crippen MR) is 89.4 cm³/mol. The van der Waals surface area contributed by atoms with E-state index < -0.39 is 0 Å². The van der Waals surface area contributed by atoms with E-state index in [-0.39, 0.29) is 11.7 Å². The van der Waals surface area contributed by atoms with Crippen LogP contribution in [0.3, 0.4) is 0 Å². The normalized spacial score (nSPS) is 11.0. The average Bonchev–Trinajstić information content (AvgIpc) is 2.52. The molecule has 0 unspecified atom stereocenters. The molecule has 1 aromatic carbocycles. The number of nitrogens with one attached hydrogen (secondary N) is 1. The molecule has 0 heterocycles. The number of rotatable bonds is 11.